The van der Waals surface area contributed by atoms with E-state index < -0.39 is 0 Å². The highest BCUT2D eigenvalue weighted by molar-refractivity contribution is 8.04. The highest BCUT2D eigenvalue weighted by Crippen LogP contribution is 2.48. The standard InChI is InChI=1S/C13H9ClOS/c14-12-8-4-1-2-7-11(8)16-13-9(12)5-3-6-10(13)15/h1-5,7,12H,6H2. The Balaban J connectivity index is 2.16. The van der Waals surface area contributed by atoms with Crippen LogP contribution in [0.1, 0.15) is 17.4 Å². The lowest BCUT2D eigenvalue weighted by atomic mass is 9.97. The summed E-state index contributed by atoms with van der Waals surface area (Å²) in [4.78, 5) is 13.7. The molecule has 3 heteroatoms. The Bertz CT molecular complexity index is 530. The van der Waals surface area contributed by atoms with E-state index in [1.165, 1.54) is 0 Å². The molecule has 0 fully saturated rings. The van der Waals surface area contributed by atoms with Crippen LogP contribution in [0.15, 0.2) is 51.8 Å². The molecule has 0 aromatic heterocycles. The number of thioether (sulfide) groups is 1. The summed E-state index contributed by atoms with van der Waals surface area (Å²) in [5.74, 6) is 0.183. The van der Waals surface area contributed by atoms with Crippen molar-refractivity contribution in [3.63, 3.8) is 0 Å². The summed E-state index contributed by atoms with van der Waals surface area (Å²) in [5, 5.41) is -0.187. The summed E-state index contributed by atoms with van der Waals surface area (Å²) in [6.45, 7) is 0. The number of carbonyl (C=O) groups excluding carboxylic acids is 1. The van der Waals surface area contributed by atoms with Crippen molar-refractivity contribution in [3.05, 3.63) is 52.5 Å². The fourth-order valence-electron chi connectivity index (χ4n) is 2.00. The first-order valence-corrected chi connectivity index (χ1v) is 6.37. The van der Waals surface area contributed by atoms with Gasteiger partial charge in [-0.1, -0.05) is 42.1 Å². The van der Waals surface area contributed by atoms with Crippen molar-refractivity contribution in [3.8, 4) is 0 Å². The van der Waals surface area contributed by atoms with E-state index in [2.05, 4.69) is 0 Å². The second-order valence-electron chi connectivity index (χ2n) is 3.82. The zero-order valence-electron chi connectivity index (χ0n) is 8.44. The van der Waals surface area contributed by atoms with E-state index in [1.54, 1.807) is 11.8 Å². The van der Waals surface area contributed by atoms with Crippen LogP contribution < -0.4 is 0 Å². The number of alkyl halides is 1. The monoisotopic (exact) mass is 248 g/mol. The molecule has 3 rings (SSSR count). The number of benzene rings is 1. The van der Waals surface area contributed by atoms with Crippen LogP contribution in [-0.4, -0.2) is 5.78 Å². The molecule has 0 amide bonds. The number of fused-ring (bicyclic) bond motifs is 1. The van der Waals surface area contributed by atoms with E-state index in [4.69, 9.17) is 11.6 Å². The molecule has 1 aromatic rings. The normalized spacial score (nSPS) is 23.1. The molecule has 80 valence electrons. The Morgan fingerprint density at radius 3 is 3.00 bits per heavy atom. The quantitative estimate of drug-likeness (QED) is 0.649. The third kappa shape index (κ3) is 1.45. The highest BCUT2D eigenvalue weighted by atomic mass is 35.5. The van der Waals surface area contributed by atoms with Crippen LogP contribution in [0, 0.1) is 0 Å². The minimum Gasteiger partial charge on any atom is -0.293 e. The number of allylic oxidation sites excluding steroid dienone is 4. The molecule has 1 nitrogen and oxygen atoms in total. The molecule has 1 aliphatic carbocycles. The van der Waals surface area contributed by atoms with Crippen LogP contribution in [-0.2, 0) is 4.79 Å². The van der Waals surface area contributed by atoms with E-state index >= 15 is 0 Å². The SMILES string of the molecule is O=C1CC=CC2=C1Sc1ccccc1C2Cl. The molecule has 1 atom stereocenters. The third-order valence-electron chi connectivity index (χ3n) is 2.79. The number of ketones is 1. The molecule has 0 saturated heterocycles. The van der Waals surface area contributed by atoms with Crippen molar-refractivity contribution in [2.75, 3.05) is 0 Å². The van der Waals surface area contributed by atoms with E-state index in [1.807, 2.05) is 36.4 Å². The van der Waals surface area contributed by atoms with Gasteiger partial charge in [0.15, 0.2) is 5.78 Å². The lowest BCUT2D eigenvalue weighted by Crippen LogP contribution is -2.12. The molecule has 1 unspecified atom stereocenters. The lowest BCUT2D eigenvalue weighted by Gasteiger charge is -2.26. The van der Waals surface area contributed by atoms with Gasteiger partial charge in [0.05, 0.1) is 10.3 Å². The maximum Gasteiger partial charge on any atom is 0.173 e. The van der Waals surface area contributed by atoms with Crippen LogP contribution in [0.25, 0.3) is 0 Å². The molecule has 1 heterocycles. The van der Waals surface area contributed by atoms with Gasteiger partial charge < -0.3 is 0 Å². The average Bonchev–Trinajstić information content (AvgIpc) is 2.31. The number of halogens is 1. The van der Waals surface area contributed by atoms with E-state index in [-0.39, 0.29) is 11.2 Å². The number of hydrogen-bond acceptors (Lipinski definition) is 2. The topological polar surface area (TPSA) is 17.1 Å². The van der Waals surface area contributed by atoms with Crippen LogP contribution in [0.2, 0.25) is 0 Å². The van der Waals surface area contributed by atoms with Crippen molar-refractivity contribution in [2.45, 2.75) is 16.7 Å². The van der Waals surface area contributed by atoms with E-state index in [0.29, 0.717) is 6.42 Å². The Labute approximate surface area is 103 Å². The van der Waals surface area contributed by atoms with Gasteiger partial charge in [0, 0.05) is 11.3 Å². The summed E-state index contributed by atoms with van der Waals surface area (Å²) in [6.07, 6.45) is 4.37. The van der Waals surface area contributed by atoms with Gasteiger partial charge in [-0.2, -0.15) is 0 Å². The van der Waals surface area contributed by atoms with Crippen molar-refractivity contribution in [1.29, 1.82) is 0 Å². The number of carbonyl (C=O) groups is 1. The molecule has 2 aliphatic rings. The molecule has 0 radical (unpaired) electrons. The fourth-order valence-corrected chi connectivity index (χ4v) is 3.67. The second kappa shape index (κ2) is 3.79. The third-order valence-corrected chi connectivity index (χ3v) is 4.52. The fraction of sp³-hybridized carbons (Fsp3) is 0.154. The first-order valence-electron chi connectivity index (χ1n) is 5.12. The summed E-state index contributed by atoms with van der Waals surface area (Å²) in [7, 11) is 0. The summed E-state index contributed by atoms with van der Waals surface area (Å²) >= 11 is 7.96. The van der Waals surface area contributed by atoms with Crippen LogP contribution in [0.3, 0.4) is 0 Å². The van der Waals surface area contributed by atoms with Gasteiger partial charge >= 0.3 is 0 Å². The lowest BCUT2D eigenvalue weighted by molar-refractivity contribution is -0.114. The molecule has 0 N–H and O–H groups in total. The molecule has 0 spiro atoms. The zero-order chi connectivity index (χ0) is 11.1. The minimum absolute atomic E-state index is 0.183. The molecule has 1 aliphatic heterocycles. The average molecular weight is 249 g/mol. The van der Waals surface area contributed by atoms with Crippen molar-refractivity contribution in [1.82, 2.24) is 0 Å². The smallest absolute Gasteiger partial charge is 0.173 e. The predicted molar refractivity (Wildman–Crippen MR) is 66.7 cm³/mol. The number of hydrogen-bond donors (Lipinski definition) is 0. The van der Waals surface area contributed by atoms with Crippen molar-refractivity contribution in [2.24, 2.45) is 0 Å². The van der Waals surface area contributed by atoms with Gasteiger partial charge in [-0.3, -0.25) is 4.79 Å². The highest BCUT2D eigenvalue weighted by Gasteiger charge is 2.29. The molecule has 1 aromatic carbocycles. The van der Waals surface area contributed by atoms with Crippen LogP contribution in [0.5, 0.6) is 0 Å². The predicted octanol–water partition coefficient (Wildman–Crippen LogP) is 3.86. The van der Waals surface area contributed by atoms with Gasteiger partial charge in [-0.15, -0.1) is 11.6 Å². The largest absolute Gasteiger partial charge is 0.293 e. The van der Waals surface area contributed by atoms with E-state index in [9.17, 15) is 4.79 Å². The molecule has 0 bridgehead atoms. The van der Waals surface area contributed by atoms with Crippen LogP contribution >= 0.6 is 23.4 Å². The van der Waals surface area contributed by atoms with Gasteiger partial charge in [0.25, 0.3) is 0 Å². The van der Waals surface area contributed by atoms with Gasteiger partial charge in [-0.25, -0.2) is 0 Å². The Morgan fingerprint density at radius 2 is 2.12 bits per heavy atom. The summed E-state index contributed by atoms with van der Waals surface area (Å²) in [6, 6.07) is 8.00. The van der Waals surface area contributed by atoms with E-state index in [0.717, 1.165) is 20.9 Å². The molecular formula is C13H9ClOS. The number of Topliss-reactive ketones (excluding diaryl/α,β-unsaturated/α-hetero) is 1. The Hall–Kier alpha value is -0.990. The first-order chi connectivity index (χ1) is 7.77. The van der Waals surface area contributed by atoms with Gasteiger partial charge in [0.1, 0.15) is 0 Å². The maximum atomic E-state index is 11.8. The maximum absolute atomic E-state index is 11.8. The van der Waals surface area contributed by atoms with Gasteiger partial charge in [-0.05, 0) is 17.2 Å². The van der Waals surface area contributed by atoms with Crippen molar-refractivity contribution >= 4 is 29.1 Å². The molecular weight excluding hydrogens is 240 g/mol. The Morgan fingerprint density at radius 1 is 1.31 bits per heavy atom. The number of rotatable bonds is 0. The first kappa shape index (κ1) is 10.2. The molecule has 0 saturated carbocycles. The van der Waals surface area contributed by atoms with Crippen LogP contribution in [0.4, 0.5) is 0 Å². The molecule has 16 heavy (non-hydrogen) atoms. The minimum atomic E-state index is -0.187. The van der Waals surface area contributed by atoms with Crippen molar-refractivity contribution < 1.29 is 4.79 Å². The second-order valence-corrected chi connectivity index (χ2v) is 5.31. The Kier molecular flexibility index (Phi) is 2.41. The zero-order valence-corrected chi connectivity index (χ0v) is 10.0. The summed E-state index contributed by atoms with van der Waals surface area (Å²) < 4.78 is 0. The van der Waals surface area contributed by atoms with Gasteiger partial charge in [0.2, 0.25) is 0 Å². The summed E-state index contributed by atoms with van der Waals surface area (Å²) in [5.41, 5.74) is 2.06.